The number of hydrogen-bond acceptors (Lipinski definition) is 4. The Morgan fingerprint density at radius 3 is 2.38 bits per heavy atom. The average molecular weight is 392 g/mol. The summed E-state index contributed by atoms with van der Waals surface area (Å²) in [7, 11) is 1.96. The highest BCUT2D eigenvalue weighted by atomic mass is 16.5. The van der Waals surface area contributed by atoms with Crippen molar-refractivity contribution in [2.45, 2.75) is 6.54 Å². The van der Waals surface area contributed by atoms with Gasteiger partial charge in [0.2, 0.25) is 0 Å². The summed E-state index contributed by atoms with van der Waals surface area (Å²) in [6, 6.07) is 15.1. The van der Waals surface area contributed by atoms with Crippen LogP contribution in [0.4, 0.5) is 0 Å². The van der Waals surface area contributed by atoms with Gasteiger partial charge in [-0.25, -0.2) is 5.48 Å². The van der Waals surface area contributed by atoms with Gasteiger partial charge in [-0.1, -0.05) is 30.3 Å². The molecule has 2 heterocycles. The summed E-state index contributed by atoms with van der Waals surface area (Å²) in [4.78, 5) is 28.7. The molecule has 1 aliphatic heterocycles. The third-order valence-electron chi connectivity index (χ3n) is 5.51. The summed E-state index contributed by atoms with van der Waals surface area (Å²) in [6.07, 6.45) is 1.92. The van der Waals surface area contributed by atoms with Crippen LogP contribution in [0.5, 0.6) is 0 Å². The fourth-order valence-electron chi connectivity index (χ4n) is 3.88. The smallest absolute Gasteiger partial charge is 0.274 e. The Bertz CT molecular complexity index is 1030. The standard InChI is InChI=1S/C22H24N4O3/c1-24-15-19(18-4-2-3-5-20(18)24)22(28)26-12-10-25(11-13-26)14-16-6-8-17(9-7-16)21(27)23-29/h2-9,15,29H,10-14H2,1H3,(H,23,27). The van der Waals surface area contributed by atoms with Gasteiger partial charge in [-0.15, -0.1) is 0 Å². The molecule has 1 saturated heterocycles. The molecule has 0 radical (unpaired) electrons. The van der Waals surface area contributed by atoms with E-state index in [1.165, 1.54) is 0 Å². The van der Waals surface area contributed by atoms with Crippen LogP contribution in [0, 0.1) is 0 Å². The van der Waals surface area contributed by atoms with E-state index in [0.717, 1.165) is 41.7 Å². The summed E-state index contributed by atoms with van der Waals surface area (Å²) >= 11 is 0. The number of fused-ring (bicyclic) bond motifs is 1. The lowest BCUT2D eigenvalue weighted by molar-refractivity contribution is 0.0630. The van der Waals surface area contributed by atoms with Crippen LogP contribution in [-0.2, 0) is 13.6 Å². The molecule has 2 N–H and O–H groups in total. The van der Waals surface area contributed by atoms with Crippen molar-refractivity contribution in [1.82, 2.24) is 19.8 Å². The summed E-state index contributed by atoms with van der Waals surface area (Å²) in [5, 5.41) is 9.68. The van der Waals surface area contributed by atoms with Crippen molar-refractivity contribution in [3.8, 4) is 0 Å². The van der Waals surface area contributed by atoms with Gasteiger partial charge in [-0.3, -0.25) is 19.7 Å². The molecular formula is C22H24N4O3. The van der Waals surface area contributed by atoms with Crippen LogP contribution in [0.15, 0.2) is 54.7 Å². The molecule has 0 atom stereocenters. The van der Waals surface area contributed by atoms with Crippen molar-refractivity contribution in [3.05, 3.63) is 71.4 Å². The number of nitrogens with one attached hydrogen (secondary N) is 1. The normalized spacial score (nSPS) is 14.9. The molecule has 2 aromatic carbocycles. The maximum absolute atomic E-state index is 13.1. The van der Waals surface area contributed by atoms with E-state index in [-0.39, 0.29) is 5.91 Å². The van der Waals surface area contributed by atoms with E-state index in [1.807, 2.05) is 59.1 Å². The second kappa shape index (κ2) is 8.06. The first-order valence-electron chi connectivity index (χ1n) is 9.66. The topological polar surface area (TPSA) is 77.8 Å². The average Bonchev–Trinajstić information content (AvgIpc) is 3.10. The molecule has 2 amide bonds. The molecule has 1 aliphatic rings. The van der Waals surface area contributed by atoms with Crippen molar-refractivity contribution in [1.29, 1.82) is 0 Å². The molecule has 0 aliphatic carbocycles. The van der Waals surface area contributed by atoms with Crippen molar-refractivity contribution in [2.24, 2.45) is 7.05 Å². The van der Waals surface area contributed by atoms with Gasteiger partial charge in [0.05, 0.1) is 5.56 Å². The summed E-state index contributed by atoms with van der Waals surface area (Å²) in [5.74, 6) is -0.432. The Morgan fingerprint density at radius 2 is 1.69 bits per heavy atom. The second-order valence-electron chi connectivity index (χ2n) is 7.38. The highest BCUT2D eigenvalue weighted by Crippen LogP contribution is 2.22. The molecule has 0 saturated carbocycles. The number of para-hydroxylation sites is 1. The van der Waals surface area contributed by atoms with Crippen LogP contribution in [0.25, 0.3) is 10.9 Å². The molecule has 0 unspecified atom stereocenters. The molecule has 7 heteroatoms. The van der Waals surface area contributed by atoms with Gasteiger partial charge in [-0.2, -0.15) is 0 Å². The molecule has 3 aromatic rings. The van der Waals surface area contributed by atoms with E-state index in [9.17, 15) is 9.59 Å². The van der Waals surface area contributed by atoms with Gasteiger partial charge in [-0.05, 0) is 23.8 Å². The molecule has 1 fully saturated rings. The largest absolute Gasteiger partial charge is 0.350 e. The quantitative estimate of drug-likeness (QED) is 0.527. The SMILES string of the molecule is Cn1cc(C(=O)N2CCN(Cc3ccc(C(=O)NO)cc3)CC2)c2ccccc21. The Hall–Kier alpha value is -3.16. The molecule has 1 aromatic heterocycles. The van der Waals surface area contributed by atoms with Gasteiger partial charge < -0.3 is 9.47 Å². The van der Waals surface area contributed by atoms with E-state index in [0.29, 0.717) is 18.7 Å². The molecule has 29 heavy (non-hydrogen) atoms. The lowest BCUT2D eigenvalue weighted by Gasteiger charge is -2.34. The maximum atomic E-state index is 13.1. The number of carbonyl (C=O) groups is 2. The van der Waals surface area contributed by atoms with Gasteiger partial charge >= 0.3 is 0 Å². The van der Waals surface area contributed by atoms with E-state index in [4.69, 9.17) is 5.21 Å². The van der Waals surface area contributed by atoms with E-state index < -0.39 is 5.91 Å². The van der Waals surface area contributed by atoms with Gasteiger partial charge in [0.25, 0.3) is 11.8 Å². The highest BCUT2D eigenvalue weighted by Gasteiger charge is 2.24. The number of aryl methyl sites for hydroxylation is 1. The van der Waals surface area contributed by atoms with Crippen molar-refractivity contribution in [2.75, 3.05) is 26.2 Å². The Kier molecular flexibility index (Phi) is 5.33. The third-order valence-corrected chi connectivity index (χ3v) is 5.51. The van der Waals surface area contributed by atoms with Gasteiger partial charge in [0, 0.05) is 62.4 Å². The molecule has 7 nitrogen and oxygen atoms in total. The van der Waals surface area contributed by atoms with Crippen LogP contribution in [0.3, 0.4) is 0 Å². The molecule has 4 rings (SSSR count). The van der Waals surface area contributed by atoms with Crippen LogP contribution in [0.1, 0.15) is 26.3 Å². The number of piperazine rings is 1. The predicted octanol–water partition coefficient (Wildman–Crippen LogP) is 2.26. The number of hydrogen-bond donors (Lipinski definition) is 2. The Morgan fingerprint density at radius 1 is 1.00 bits per heavy atom. The van der Waals surface area contributed by atoms with E-state index in [1.54, 1.807) is 17.6 Å². The number of amides is 2. The monoisotopic (exact) mass is 392 g/mol. The minimum Gasteiger partial charge on any atom is -0.350 e. The first kappa shape index (κ1) is 19.2. The number of nitrogens with zero attached hydrogens (tertiary/aromatic N) is 3. The number of carbonyl (C=O) groups excluding carboxylic acids is 2. The molecule has 150 valence electrons. The zero-order valence-corrected chi connectivity index (χ0v) is 16.3. The maximum Gasteiger partial charge on any atom is 0.274 e. The van der Waals surface area contributed by atoms with Crippen molar-refractivity contribution in [3.63, 3.8) is 0 Å². The minimum absolute atomic E-state index is 0.0841. The lowest BCUT2D eigenvalue weighted by Crippen LogP contribution is -2.48. The van der Waals surface area contributed by atoms with Crippen molar-refractivity contribution >= 4 is 22.7 Å². The Labute approximate surface area is 169 Å². The second-order valence-corrected chi connectivity index (χ2v) is 7.38. The highest BCUT2D eigenvalue weighted by molar-refractivity contribution is 6.07. The molecule has 0 bridgehead atoms. The number of hydroxylamine groups is 1. The number of benzene rings is 2. The van der Waals surface area contributed by atoms with Crippen molar-refractivity contribution < 1.29 is 14.8 Å². The molecule has 0 spiro atoms. The number of aromatic nitrogens is 1. The third kappa shape index (κ3) is 3.87. The van der Waals surface area contributed by atoms with Crippen LogP contribution < -0.4 is 5.48 Å². The number of rotatable bonds is 4. The fraction of sp³-hybridized carbons (Fsp3) is 0.273. The minimum atomic E-state index is -0.517. The van der Waals surface area contributed by atoms with Crippen LogP contribution in [0.2, 0.25) is 0 Å². The van der Waals surface area contributed by atoms with Gasteiger partial charge in [0.1, 0.15) is 0 Å². The zero-order valence-electron chi connectivity index (χ0n) is 16.3. The first-order valence-corrected chi connectivity index (χ1v) is 9.66. The first-order chi connectivity index (χ1) is 14.1. The van der Waals surface area contributed by atoms with Gasteiger partial charge in [0.15, 0.2) is 0 Å². The van der Waals surface area contributed by atoms with Crippen LogP contribution >= 0.6 is 0 Å². The lowest BCUT2D eigenvalue weighted by atomic mass is 10.1. The Balaban J connectivity index is 1.38. The predicted molar refractivity (Wildman–Crippen MR) is 110 cm³/mol. The zero-order chi connectivity index (χ0) is 20.4. The van der Waals surface area contributed by atoms with Crippen LogP contribution in [-0.4, -0.2) is 57.6 Å². The van der Waals surface area contributed by atoms with E-state index >= 15 is 0 Å². The molecular weight excluding hydrogens is 368 g/mol. The fourth-order valence-corrected chi connectivity index (χ4v) is 3.88. The van der Waals surface area contributed by atoms with E-state index in [2.05, 4.69) is 4.90 Å². The summed E-state index contributed by atoms with van der Waals surface area (Å²) < 4.78 is 2.00. The summed E-state index contributed by atoms with van der Waals surface area (Å²) in [6.45, 7) is 3.74. The summed E-state index contributed by atoms with van der Waals surface area (Å²) in [5.41, 5.74) is 4.97.